The Morgan fingerprint density at radius 3 is 2.90 bits per heavy atom. The van der Waals surface area contributed by atoms with Crippen LogP contribution in [0.25, 0.3) is 11.0 Å². The van der Waals surface area contributed by atoms with E-state index in [9.17, 15) is 4.79 Å². The van der Waals surface area contributed by atoms with Crippen molar-refractivity contribution in [3.8, 4) is 0 Å². The number of nitrogens with two attached hydrogens (primary N) is 1. The molecule has 0 bridgehead atoms. The molecule has 1 saturated heterocycles. The molecule has 110 valence electrons. The highest BCUT2D eigenvalue weighted by Crippen LogP contribution is 2.24. The van der Waals surface area contributed by atoms with Gasteiger partial charge >= 0.3 is 0 Å². The molecule has 1 aliphatic rings. The van der Waals surface area contributed by atoms with E-state index >= 15 is 0 Å². The van der Waals surface area contributed by atoms with Gasteiger partial charge in [0.2, 0.25) is 0 Å². The molecule has 1 amide bonds. The maximum atomic E-state index is 12.7. The lowest BCUT2D eigenvalue weighted by Gasteiger charge is -2.39. The van der Waals surface area contributed by atoms with Crippen LogP contribution in [-0.4, -0.2) is 39.9 Å². The summed E-state index contributed by atoms with van der Waals surface area (Å²) in [6.45, 7) is 3.40. The van der Waals surface area contributed by atoms with E-state index in [1.807, 2.05) is 29.2 Å². The van der Waals surface area contributed by atoms with Gasteiger partial charge in [0.1, 0.15) is 5.69 Å². The molecular formula is C16H20N4O. The van der Waals surface area contributed by atoms with Crippen molar-refractivity contribution >= 4 is 16.9 Å². The van der Waals surface area contributed by atoms with Gasteiger partial charge < -0.3 is 10.6 Å². The van der Waals surface area contributed by atoms with E-state index in [1.165, 1.54) is 0 Å². The number of benzene rings is 1. The first kappa shape index (κ1) is 13.9. The number of carbonyl (C=O) groups is 1. The summed E-state index contributed by atoms with van der Waals surface area (Å²) in [5, 5.41) is 0. The summed E-state index contributed by atoms with van der Waals surface area (Å²) in [5.74, 6) is 0.372. The van der Waals surface area contributed by atoms with E-state index in [-0.39, 0.29) is 11.9 Å². The third-order valence-corrected chi connectivity index (χ3v) is 4.29. The van der Waals surface area contributed by atoms with Gasteiger partial charge in [-0.05, 0) is 30.9 Å². The normalized spacial score (nSPS) is 22.5. The number of aromatic nitrogens is 2. The third-order valence-electron chi connectivity index (χ3n) is 4.29. The van der Waals surface area contributed by atoms with Crippen LogP contribution in [-0.2, 0) is 0 Å². The van der Waals surface area contributed by atoms with E-state index in [4.69, 9.17) is 5.73 Å². The van der Waals surface area contributed by atoms with Crippen LogP contribution in [0.3, 0.4) is 0 Å². The SMILES string of the molecule is CC1CCCN(C(=O)c2cnc3ccccc3n2)C1CN. The van der Waals surface area contributed by atoms with Crippen LogP contribution in [0.15, 0.2) is 30.5 Å². The molecule has 2 unspecified atom stereocenters. The second-order valence-electron chi connectivity index (χ2n) is 5.67. The van der Waals surface area contributed by atoms with E-state index < -0.39 is 0 Å². The molecule has 1 aliphatic heterocycles. The van der Waals surface area contributed by atoms with Crippen molar-refractivity contribution in [2.75, 3.05) is 13.1 Å². The second kappa shape index (κ2) is 5.77. The average Bonchev–Trinajstić information content (AvgIpc) is 2.53. The van der Waals surface area contributed by atoms with Gasteiger partial charge in [0.15, 0.2) is 0 Å². The Morgan fingerprint density at radius 1 is 1.38 bits per heavy atom. The molecule has 1 aromatic heterocycles. The zero-order valence-electron chi connectivity index (χ0n) is 12.2. The van der Waals surface area contributed by atoms with Crippen molar-refractivity contribution < 1.29 is 4.79 Å². The lowest BCUT2D eigenvalue weighted by Crippen LogP contribution is -2.51. The summed E-state index contributed by atoms with van der Waals surface area (Å²) in [6, 6.07) is 7.67. The van der Waals surface area contributed by atoms with Crippen molar-refractivity contribution in [1.29, 1.82) is 0 Å². The number of para-hydroxylation sites is 2. The summed E-state index contributed by atoms with van der Waals surface area (Å²) < 4.78 is 0. The fourth-order valence-corrected chi connectivity index (χ4v) is 3.07. The van der Waals surface area contributed by atoms with Gasteiger partial charge in [-0.1, -0.05) is 19.1 Å². The zero-order chi connectivity index (χ0) is 14.8. The van der Waals surface area contributed by atoms with E-state index in [0.717, 1.165) is 30.4 Å². The molecule has 2 aromatic rings. The fraction of sp³-hybridized carbons (Fsp3) is 0.438. The highest BCUT2D eigenvalue weighted by atomic mass is 16.2. The Labute approximate surface area is 124 Å². The van der Waals surface area contributed by atoms with E-state index in [1.54, 1.807) is 6.20 Å². The molecule has 1 aromatic carbocycles. The van der Waals surface area contributed by atoms with Gasteiger partial charge in [-0.3, -0.25) is 9.78 Å². The number of nitrogens with zero attached hydrogens (tertiary/aromatic N) is 3. The number of piperidine rings is 1. The molecule has 5 heteroatoms. The molecule has 1 fully saturated rings. The first-order valence-electron chi connectivity index (χ1n) is 7.43. The van der Waals surface area contributed by atoms with Crippen LogP contribution >= 0.6 is 0 Å². The molecule has 0 aliphatic carbocycles. The lowest BCUT2D eigenvalue weighted by molar-refractivity contribution is 0.0526. The van der Waals surface area contributed by atoms with E-state index in [0.29, 0.717) is 18.2 Å². The topological polar surface area (TPSA) is 72.1 Å². The van der Waals surface area contributed by atoms with Gasteiger partial charge in [-0.25, -0.2) is 4.98 Å². The van der Waals surface area contributed by atoms with E-state index in [2.05, 4.69) is 16.9 Å². The number of carbonyl (C=O) groups excluding carboxylic acids is 1. The monoisotopic (exact) mass is 284 g/mol. The fourth-order valence-electron chi connectivity index (χ4n) is 3.07. The first-order valence-corrected chi connectivity index (χ1v) is 7.43. The maximum Gasteiger partial charge on any atom is 0.274 e. The second-order valence-corrected chi connectivity index (χ2v) is 5.67. The average molecular weight is 284 g/mol. The summed E-state index contributed by atoms with van der Waals surface area (Å²) in [5.41, 5.74) is 7.81. The zero-order valence-corrected chi connectivity index (χ0v) is 12.2. The minimum absolute atomic E-state index is 0.0600. The van der Waals surface area contributed by atoms with Gasteiger partial charge in [0.05, 0.1) is 17.2 Å². The number of likely N-dealkylation sites (tertiary alicyclic amines) is 1. The molecule has 2 heterocycles. The molecule has 5 nitrogen and oxygen atoms in total. The summed E-state index contributed by atoms with van der Waals surface area (Å²) in [7, 11) is 0. The van der Waals surface area contributed by atoms with Gasteiger partial charge in [-0.2, -0.15) is 0 Å². The van der Waals surface area contributed by atoms with Crippen molar-refractivity contribution in [3.05, 3.63) is 36.2 Å². The Bertz CT molecular complexity index is 658. The quantitative estimate of drug-likeness (QED) is 0.913. The van der Waals surface area contributed by atoms with Crippen molar-refractivity contribution in [1.82, 2.24) is 14.9 Å². The molecule has 3 rings (SSSR count). The van der Waals surface area contributed by atoms with Crippen LogP contribution in [0.1, 0.15) is 30.3 Å². The number of hydrogen-bond acceptors (Lipinski definition) is 4. The van der Waals surface area contributed by atoms with Crippen LogP contribution in [0.2, 0.25) is 0 Å². The molecule has 0 saturated carbocycles. The third kappa shape index (κ3) is 2.61. The largest absolute Gasteiger partial charge is 0.333 e. The smallest absolute Gasteiger partial charge is 0.274 e. The van der Waals surface area contributed by atoms with Gasteiger partial charge in [0, 0.05) is 19.1 Å². The van der Waals surface area contributed by atoms with Crippen molar-refractivity contribution in [3.63, 3.8) is 0 Å². The van der Waals surface area contributed by atoms with Crippen LogP contribution in [0.5, 0.6) is 0 Å². The molecular weight excluding hydrogens is 264 g/mol. The van der Waals surface area contributed by atoms with Gasteiger partial charge in [0.25, 0.3) is 5.91 Å². The minimum atomic E-state index is -0.0600. The van der Waals surface area contributed by atoms with Crippen molar-refractivity contribution in [2.45, 2.75) is 25.8 Å². The number of rotatable bonds is 2. The van der Waals surface area contributed by atoms with Crippen LogP contribution in [0.4, 0.5) is 0 Å². The summed E-state index contributed by atoms with van der Waals surface area (Å²) in [6.07, 6.45) is 3.71. The standard InChI is InChI=1S/C16H20N4O/c1-11-5-4-8-20(15(11)9-17)16(21)14-10-18-12-6-2-3-7-13(12)19-14/h2-3,6-7,10-11,15H,4-5,8-9,17H2,1H3. The Kier molecular flexibility index (Phi) is 3.84. The predicted molar refractivity (Wildman–Crippen MR) is 81.8 cm³/mol. The summed E-state index contributed by atoms with van der Waals surface area (Å²) in [4.78, 5) is 23.4. The molecule has 2 atom stereocenters. The first-order chi connectivity index (χ1) is 10.2. The van der Waals surface area contributed by atoms with Crippen molar-refractivity contribution in [2.24, 2.45) is 11.7 Å². The van der Waals surface area contributed by atoms with Crippen LogP contribution < -0.4 is 5.73 Å². The van der Waals surface area contributed by atoms with Gasteiger partial charge in [-0.15, -0.1) is 0 Å². The highest BCUT2D eigenvalue weighted by molar-refractivity contribution is 5.94. The Hall–Kier alpha value is -2.01. The Morgan fingerprint density at radius 2 is 2.14 bits per heavy atom. The predicted octanol–water partition coefficient (Wildman–Crippen LogP) is 1.83. The molecule has 0 spiro atoms. The lowest BCUT2D eigenvalue weighted by atomic mass is 9.90. The minimum Gasteiger partial charge on any atom is -0.333 e. The molecule has 21 heavy (non-hydrogen) atoms. The number of amides is 1. The number of hydrogen-bond donors (Lipinski definition) is 1. The summed E-state index contributed by atoms with van der Waals surface area (Å²) >= 11 is 0. The maximum absolute atomic E-state index is 12.7. The highest BCUT2D eigenvalue weighted by Gasteiger charge is 2.32. The van der Waals surface area contributed by atoms with Crippen LogP contribution in [0, 0.1) is 5.92 Å². The number of fused-ring (bicyclic) bond motifs is 1. The molecule has 0 radical (unpaired) electrons. The Balaban J connectivity index is 1.91. The molecule has 2 N–H and O–H groups in total.